The van der Waals surface area contributed by atoms with E-state index in [-0.39, 0.29) is 18.1 Å². The second kappa shape index (κ2) is 7.61. The third kappa shape index (κ3) is 5.37. The fraction of sp³-hybridized carbons (Fsp3) is 0.312. The molecule has 124 valence electrons. The number of carbonyl (C=O) groups is 1. The van der Waals surface area contributed by atoms with Crippen molar-refractivity contribution >= 4 is 22.9 Å². The lowest BCUT2D eigenvalue weighted by Gasteiger charge is -2.19. The molecule has 2 rings (SSSR count). The predicted octanol–water partition coefficient (Wildman–Crippen LogP) is 4.23. The molecule has 0 spiro atoms. The van der Waals surface area contributed by atoms with Gasteiger partial charge in [-0.1, -0.05) is 19.1 Å². The third-order valence-electron chi connectivity index (χ3n) is 3.25. The first-order chi connectivity index (χ1) is 10.9. The molecule has 0 aliphatic rings. The fourth-order valence-electron chi connectivity index (χ4n) is 2.08. The van der Waals surface area contributed by atoms with Gasteiger partial charge in [-0.2, -0.15) is 13.2 Å². The minimum atomic E-state index is -4.42. The van der Waals surface area contributed by atoms with Crippen LogP contribution in [0.4, 0.5) is 18.9 Å². The zero-order chi connectivity index (χ0) is 16.9. The molecule has 23 heavy (non-hydrogen) atoms. The van der Waals surface area contributed by atoms with Gasteiger partial charge in [-0.05, 0) is 36.2 Å². The Bertz CT molecular complexity index is 641. The number of rotatable bonds is 6. The highest BCUT2D eigenvalue weighted by atomic mass is 32.1. The number of likely N-dealkylation sites (N-methyl/N-ethyl adjacent to an activating group) is 1. The average molecular weight is 342 g/mol. The Morgan fingerprint density at radius 2 is 2.04 bits per heavy atom. The van der Waals surface area contributed by atoms with Crippen LogP contribution in [-0.2, 0) is 17.5 Å². The summed E-state index contributed by atoms with van der Waals surface area (Å²) in [6.45, 7) is 3.38. The van der Waals surface area contributed by atoms with Crippen molar-refractivity contribution in [2.75, 3.05) is 18.4 Å². The summed E-state index contributed by atoms with van der Waals surface area (Å²) in [6.07, 6.45) is -4.42. The molecule has 3 nitrogen and oxygen atoms in total. The molecular formula is C16H17F3N2OS. The number of alkyl halides is 3. The molecular weight excluding hydrogens is 325 g/mol. The zero-order valence-corrected chi connectivity index (χ0v) is 13.4. The molecule has 1 amide bonds. The summed E-state index contributed by atoms with van der Waals surface area (Å²) < 4.78 is 38.0. The van der Waals surface area contributed by atoms with Gasteiger partial charge in [0.15, 0.2) is 0 Å². The van der Waals surface area contributed by atoms with Gasteiger partial charge < -0.3 is 5.32 Å². The van der Waals surface area contributed by atoms with Gasteiger partial charge in [0.25, 0.3) is 0 Å². The molecule has 0 aliphatic heterocycles. The molecule has 2 aromatic rings. The minimum absolute atomic E-state index is 0.130. The lowest BCUT2D eigenvalue weighted by molar-refractivity contribution is -0.137. The maximum Gasteiger partial charge on any atom is 0.416 e. The summed E-state index contributed by atoms with van der Waals surface area (Å²) in [5.74, 6) is -0.331. The SMILES string of the molecule is CCN(CC(=O)Nc1cccc(C(F)(F)F)c1)Cc1cccs1. The van der Waals surface area contributed by atoms with E-state index >= 15 is 0 Å². The minimum Gasteiger partial charge on any atom is -0.325 e. The van der Waals surface area contributed by atoms with E-state index in [1.54, 1.807) is 11.3 Å². The lowest BCUT2D eigenvalue weighted by atomic mass is 10.2. The van der Waals surface area contributed by atoms with E-state index in [0.717, 1.165) is 17.0 Å². The van der Waals surface area contributed by atoms with Crippen molar-refractivity contribution in [3.63, 3.8) is 0 Å². The van der Waals surface area contributed by atoms with Crippen molar-refractivity contribution in [2.45, 2.75) is 19.6 Å². The van der Waals surface area contributed by atoms with Crippen LogP contribution < -0.4 is 5.32 Å². The summed E-state index contributed by atoms with van der Waals surface area (Å²) in [6, 6.07) is 8.57. The van der Waals surface area contributed by atoms with E-state index in [1.807, 2.05) is 29.3 Å². The number of halogens is 3. The van der Waals surface area contributed by atoms with Crippen LogP contribution in [0.5, 0.6) is 0 Å². The largest absolute Gasteiger partial charge is 0.416 e. The molecule has 1 N–H and O–H groups in total. The number of amides is 1. The first-order valence-corrected chi connectivity index (χ1v) is 7.98. The number of carbonyl (C=O) groups excluding carboxylic acids is 1. The van der Waals surface area contributed by atoms with Gasteiger partial charge in [-0.25, -0.2) is 0 Å². The number of anilines is 1. The maximum atomic E-state index is 12.7. The van der Waals surface area contributed by atoms with Gasteiger partial charge in [0, 0.05) is 17.1 Å². The lowest BCUT2D eigenvalue weighted by Crippen LogP contribution is -2.32. The molecule has 0 saturated carbocycles. The molecule has 0 saturated heterocycles. The Labute approximate surface area is 136 Å². The van der Waals surface area contributed by atoms with Crippen molar-refractivity contribution < 1.29 is 18.0 Å². The smallest absolute Gasteiger partial charge is 0.325 e. The molecule has 0 atom stereocenters. The molecule has 0 fully saturated rings. The summed E-state index contributed by atoms with van der Waals surface area (Å²) in [5.41, 5.74) is -0.627. The van der Waals surface area contributed by atoms with Crippen molar-refractivity contribution in [3.05, 3.63) is 52.2 Å². The number of thiophene rings is 1. The Morgan fingerprint density at radius 3 is 2.65 bits per heavy atom. The zero-order valence-electron chi connectivity index (χ0n) is 12.6. The van der Waals surface area contributed by atoms with Crippen LogP contribution in [0.2, 0.25) is 0 Å². The average Bonchev–Trinajstić information content (AvgIpc) is 2.99. The predicted molar refractivity (Wildman–Crippen MR) is 85.3 cm³/mol. The fourth-order valence-corrected chi connectivity index (χ4v) is 2.83. The highest BCUT2D eigenvalue weighted by molar-refractivity contribution is 7.09. The first kappa shape index (κ1) is 17.5. The van der Waals surface area contributed by atoms with E-state index in [0.29, 0.717) is 13.1 Å². The molecule has 1 aromatic carbocycles. The topological polar surface area (TPSA) is 32.3 Å². The molecule has 1 heterocycles. The van der Waals surface area contributed by atoms with Crippen LogP contribution in [0.25, 0.3) is 0 Å². The van der Waals surface area contributed by atoms with E-state index in [1.165, 1.54) is 12.1 Å². The Hall–Kier alpha value is -1.86. The highest BCUT2D eigenvalue weighted by Crippen LogP contribution is 2.30. The van der Waals surface area contributed by atoms with Gasteiger partial charge in [0.1, 0.15) is 0 Å². The van der Waals surface area contributed by atoms with E-state index in [4.69, 9.17) is 0 Å². The van der Waals surface area contributed by atoms with Crippen molar-refractivity contribution in [1.82, 2.24) is 4.90 Å². The summed E-state index contributed by atoms with van der Waals surface area (Å²) in [7, 11) is 0. The third-order valence-corrected chi connectivity index (χ3v) is 4.11. The van der Waals surface area contributed by atoms with Crippen LogP contribution >= 0.6 is 11.3 Å². The molecule has 7 heteroatoms. The van der Waals surface area contributed by atoms with E-state index in [2.05, 4.69) is 5.32 Å². The van der Waals surface area contributed by atoms with Crippen molar-refractivity contribution in [1.29, 1.82) is 0 Å². The molecule has 0 radical (unpaired) electrons. The number of nitrogens with one attached hydrogen (secondary N) is 1. The van der Waals surface area contributed by atoms with Crippen LogP contribution in [0, 0.1) is 0 Å². The van der Waals surface area contributed by atoms with E-state index in [9.17, 15) is 18.0 Å². The highest BCUT2D eigenvalue weighted by Gasteiger charge is 2.30. The Balaban J connectivity index is 1.96. The molecule has 0 unspecified atom stereocenters. The van der Waals surface area contributed by atoms with E-state index < -0.39 is 11.7 Å². The van der Waals surface area contributed by atoms with Crippen LogP contribution in [-0.4, -0.2) is 23.9 Å². The molecule has 0 bridgehead atoms. The second-order valence-corrected chi connectivity index (χ2v) is 6.04. The standard InChI is InChI=1S/C16H17F3N2OS/c1-2-21(10-14-7-4-8-23-14)11-15(22)20-13-6-3-5-12(9-13)16(17,18)19/h3-9H,2,10-11H2,1H3,(H,20,22). The number of nitrogens with zero attached hydrogens (tertiary/aromatic N) is 1. The molecule has 0 aliphatic carbocycles. The number of hydrogen-bond donors (Lipinski definition) is 1. The Morgan fingerprint density at radius 1 is 1.26 bits per heavy atom. The quantitative estimate of drug-likeness (QED) is 0.852. The van der Waals surface area contributed by atoms with Gasteiger partial charge in [-0.15, -0.1) is 11.3 Å². The van der Waals surface area contributed by atoms with Gasteiger partial charge in [0.2, 0.25) is 5.91 Å². The normalized spacial score (nSPS) is 11.7. The van der Waals surface area contributed by atoms with Crippen molar-refractivity contribution in [2.24, 2.45) is 0 Å². The van der Waals surface area contributed by atoms with Crippen LogP contribution in [0.15, 0.2) is 41.8 Å². The van der Waals surface area contributed by atoms with Crippen molar-refractivity contribution in [3.8, 4) is 0 Å². The maximum absolute atomic E-state index is 12.7. The van der Waals surface area contributed by atoms with Crippen LogP contribution in [0.3, 0.4) is 0 Å². The second-order valence-electron chi connectivity index (χ2n) is 5.01. The van der Waals surface area contributed by atoms with Gasteiger partial charge in [0.05, 0.1) is 12.1 Å². The number of hydrogen-bond acceptors (Lipinski definition) is 3. The summed E-state index contributed by atoms with van der Waals surface area (Å²) >= 11 is 1.60. The number of benzene rings is 1. The monoisotopic (exact) mass is 342 g/mol. The molecule has 1 aromatic heterocycles. The summed E-state index contributed by atoms with van der Waals surface area (Å²) in [5, 5.41) is 4.49. The van der Waals surface area contributed by atoms with Crippen LogP contribution in [0.1, 0.15) is 17.4 Å². The van der Waals surface area contributed by atoms with Gasteiger partial charge in [-0.3, -0.25) is 9.69 Å². The Kier molecular flexibility index (Phi) is 5.79. The summed E-state index contributed by atoms with van der Waals surface area (Å²) in [4.78, 5) is 15.1. The van der Waals surface area contributed by atoms with Gasteiger partial charge >= 0.3 is 6.18 Å². The first-order valence-electron chi connectivity index (χ1n) is 7.10.